The van der Waals surface area contributed by atoms with Crippen LogP contribution in [-0.4, -0.2) is 23.7 Å². The number of aryl methyl sites for hydroxylation is 1. The molecule has 144 valence electrons. The zero-order valence-electron chi connectivity index (χ0n) is 16.0. The molecule has 3 heterocycles. The Kier molecular flexibility index (Phi) is 4.26. The predicted molar refractivity (Wildman–Crippen MR) is 103 cm³/mol. The van der Waals surface area contributed by atoms with Gasteiger partial charge in [0.1, 0.15) is 22.8 Å². The fraction of sp³-hybridized carbons (Fsp3) is 0.250. The van der Waals surface area contributed by atoms with Crippen LogP contribution >= 0.6 is 0 Å². The van der Waals surface area contributed by atoms with Crippen molar-refractivity contribution in [3.8, 4) is 22.9 Å². The Labute approximate surface area is 160 Å². The summed E-state index contributed by atoms with van der Waals surface area (Å²) in [7, 11) is 3.32. The van der Waals surface area contributed by atoms with Gasteiger partial charge in [-0.2, -0.15) is 5.10 Å². The van der Waals surface area contributed by atoms with Crippen molar-refractivity contribution in [1.29, 1.82) is 0 Å². The van der Waals surface area contributed by atoms with Crippen molar-refractivity contribution < 1.29 is 9.13 Å². The maximum absolute atomic E-state index is 13.9. The van der Waals surface area contributed by atoms with Crippen LogP contribution in [0, 0.1) is 5.82 Å². The second kappa shape index (κ2) is 6.63. The summed E-state index contributed by atoms with van der Waals surface area (Å²) in [6.07, 6.45) is 4.66. The highest BCUT2D eigenvalue weighted by Crippen LogP contribution is 2.26. The van der Waals surface area contributed by atoms with E-state index in [1.54, 1.807) is 55.2 Å². The molecule has 0 amide bonds. The molecule has 3 aromatic heterocycles. The largest absolute Gasteiger partial charge is 0.439 e. The lowest BCUT2D eigenvalue weighted by Gasteiger charge is -2.12. The molecule has 4 rings (SSSR count). The minimum Gasteiger partial charge on any atom is -0.439 e. The van der Waals surface area contributed by atoms with Gasteiger partial charge in [0, 0.05) is 25.6 Å². The van der Waals surface area contributed by atoms with E-state index in [-0.39, 0.29) is 23.0 Å². The Morgan fingerprint density at radius 3 is 2.43 bits per heavy atom. The summed E-state index contributed by atoms with van der Waals surface area (Å²) < 4.78 is 24.5. The second-order valence-corrected chi connectivity index (χ2v) is 6.98. The lowest BCUT2D eigenvalue weighted by atomic mass is 10.1. The first-order chi connectivity index (χ1) is 13.3. The monoisotopic (exact) mass is 381 g/mol. The fourth-order valence-corrected chi connectivity index (χ4v) is 3.12. The van der Waals surface area contributed by atoms with Crippen LogP contribution in [-0.2, 0) is 14.1 Å². The normalized spacial score (nSPS) is 11.5. The molecule has 1 aromatic carbocycles. The summed E-state index contributed by atoms with van der Waals surface area (Å²) in [5, 5.41) is 4.12. The third-order valence-electron chi connectivity index (χ3n) is 4.57. The zero-order chi connectivity index (χ0) is 20.0. The summed E-state index contributed by atoms with van der Waals surface area (Å²) in [5.41, 5.74) is 1.23. The molecule has 0 saturated carbocycles. The van der Waals surface area contributed by atoms with Crippen LogP contribution in [0.15, 0.2) is 47.7 Å². The van der Waals surface area contributed by atoms with Gasteiger partial charge in [-0.3, -0.25) is 18.4 Å². The number of hydrogen-bond acceptors (Lipinski definition) is 4. The van der Waals surface area contributed by atoms with Crippen LogP contribution in [0.4, 0.5) is 4.39 Å². The van der Waals surface area contributed by atoms with E-state index in [1.165, 1.54) is 15.4 Å². The van der Waals surface area contributed by atoms with Gasteiger partial charge in [-0.15, -0.1) is 0 Å². The van der Waals surface area contributed by atoms with E-state index in [2.05, 4.69) is 10.1 Å². The van der Waals surface area contributed by atoms with E-state index in [4.69, 9.17) is 4.74 Å². The predicted octanol–water partition coefficient (Wildman–Crippen LogP) is 3.49. The van der Waals surface area contributed by atoms with Gasteiger partial charge >= 0.3 is 0 Å². The Hall–Kier alpha value is -3.42. The molecule has 28 heavy (non-hydrogen) atoms. The zero-order valence-corrected chi connectivity index (χ0v) is 16.0. The molecule has 0 saturated heterocycles. The summed E-state index contributed by atoms with van der Waals surface area (Å²) >= 11 is 0. The quantitative estimate of drug-likeness (QED) is 0.543. The van der Waals surface area contributed by atoms with E-state index in [0.717, 1.165) is 5.82 Å². The van der Waals surface area contributed by atoms with Crippen molar-refractivity contribution in [2.45, 2.75) is 19.8 Å². The summed E-state index contributed by atoms with van der Waals surface area (Å²) in [6.45, 7) is 4.03. The molecule has 0 spiro atoms. The lowest BCUT2D eigenvalue weighted by molar-refractivity contribution is 0.430. The van der Waals surface area contributed by atoms with Gasteiger partial charge < -0.3 is 4.74 Å². The van der Waals surface area contributed by atoms with E-state index < -0.39 is 0 Å². The van der Waals surface area contributed by atoms with Crippen molar-refractivity contribution >= 4 is 5.52 Å². The molecule has 0 atom stereocenters. The van der Waals surface area contributed by atoms with E-state index in [0.29, 0.717) is 22.7 Å². The van der Waals surface area contributed by atoms with Gasteiger partial charge in [-0.05, 0) is 24.3 Å². The van der Waals surface area contributed by atoms with Gasteiger partial charge in [0.25, 0.3) is 5.56 Å². The Morgan fingerprint density at radius 1 is 1.11 bits per heavy atom. The fourth-order valence-electron chi connectivity index (χ4n) is 3.12. The van der Waals surface area contributed by atoms with E-state index in [1.807, 2.05) is 13.8 Å². The Morgan fingerprint density at radius 2 is 1.82 bits per heavy atom. The number of fused-ring (bicyclic) bond motifs is 1. The molecule has 0 N–H and O–H groups in total. The topological polar surface area (TPSA) is 66.4 Å². The molecule has 4 aromatic rings. The first-order valence-electron chi connectivity index (χ1n) is 8.89. The van der Waals surface area contributed by atoms with Crippen LogP contribution in [0.25, 0.3) is 16.8 Å². The highest BCUT2D eigenvalue weighted by atomic mass is 19.1. The molecule has 0 fully saturated rings. The number of hydrogen-bond donors (Lipinski definition) is 0. The first-order valence-corrected chi connectivity index (χ1v) is 8.89. The van der Waals surface area contributed by atoms with Crippen molar-refractivity contribution in [2.75, 3.05) is 0 Å². The van der Waals surface area contributed by atoms with Crippen molar-refractivity contribution in [1.82, 2.24) is 23.7 Å². The van der Waals surface area contributed by atoms with Gasteiger partial charge in [0.2, 0.25) is 5.88 Å². The van der Waals surface area contributed by atoms with Crippen LogP contribution in [0.5, 0.6) is 11.6 Å². The smallest absolute Gasteiger partial charge is 0.279 e. The number of benzene rings is 1. The van der Waals surface area contributed by atoms with Crippen LogP contribution < -0.4 is 10.3 Å². The average Bonchev–Trinajstić information content (AvgIpc) is 3.23. The number of halogens is 1. The molecule has 0 aliphatic rings. The number of imidazole rings is 1. The third kappa shape index (κ3) is 2.96. The minimum absolute atomic E-state index is 0.162. The average molecular weight is 381 g/mol. The molecule has 0 aliphatic carbocycles. The van der Waals surface area contributed by atoms with Crippen LogP contribution in [0.1, 0.15) is 25.6 Å². The van der Waals surface area contributed by atoms with Crippen LogP contribution in [0.3, 0.4) is 0 Å². The molecule has 0 aliphatic heterocycles. The summed E-state index contributed by atoms with van der Waals surface area (Å²) in [4.78, 5) is 17.0. The Bertz CT molecular complexity index is 1220. The minimum atomic E-state index is -0.384. The van der Waals surface area contributed by atoms with Gasteiger partial charge in [-0.25, -0.2) is 9.37 Å². The Balaban J connectivity index is 1.70. The third-order valence-corrected chi connectivity index (χ3v) is 4.57. The standard InChI is InChI=1S/C20H20FN5O2/c1-12(2)19-22-9-16-20(27)25(4)17(11-26(16)19)28-14-7-5-13(6-8-14)18-15(21)10-24(3)23-18/h5-12H,1-4H3. The van der Waals surface area contributed by atoms with Crippen LogP contribution in [0.2, 0.25) is 0 Å². The highest BCUT2D eigenvalue weighted by molar-refractivity contribution is 5.60. The molecule has 0 bridgehead atoms. The lowest BCUT2D eigenvalue weighted by Crippen LogP contribution is -2.20. The van der Waals surface area contributed by atoms with Crippen molar-refractivity contribution in [3.05, 3.63) is 64.9 Å². The number of nitrogens with zero attached hydrogens (tertiary/aromatic N) is 5. The summed E-state index contributed by atoms with van der Waals surface area (Å²) in [6, 6.07) is 6.90. The molecular weight excluding hydrogens is 361 g/mol. The van der Waals surface area contributed by atoms with Gasteiger partial charge in [0.15, 0.2) is 5.82 Å². The number of aromatic nitrogens is 5. The number of ether oxygens (including phenoxy) is 1. The SMILES string of the molecule is CC(C)c1ncc2c(=O)n(C)c(Oc3ccc(-c4nn(C)cc4F)cc3)cn12. The van der Waals surface area contributed by atoms with E-state index >= 15 is 0 Å². The highest BCUT2D eigenvalue weighted by Gasteiger charge is 2.15. The number of rotatable bonds is 4. The first kappa shape index (κ1) is 18.0. The van der Waals surface area contributed by atoms with E-state index in [9.17, 15) is 9.18 Å². The second-order valence-electron chi connectivity index (χ2n) is 6.98. The van der Waals surface area contributed by atoms with Crippen molar-refractivity contribution in [3.63, 3.8) is 0 Å². The molecule has 7 nitrogen and oxygen atoms in total. The summed E-state index contributed by atoms with van der Waals surface area (Å²) in [5.74, 6) is 1.48. The maximum atomic E-state index is 13.9. The molecular formula is C20H20FN5O2. The molecule has 0 unspecified atom stereocenters. The van der Waals surface area contributed by atoms with Gasteiger partial charge in [-0.1, -0.05) is 13.8 Å². The van der Waals surface area contributed by atoms with Gasteiger partial charge in [0.05, 0.1) is 18.6 Å². The molecule has 8 heteroatoms. The molecule has 0 radical (unpaired) electrons. The maximum Gasteiger partial charge on any atom is 0.279 e. The van der Waals surface area contributed by atoms with Crippen molar-refractivity contribution in [2.24, 2.45) is 14.1 Å².